The Kier molecular flexibility index (Phi) is 5.68. The van der Waals surface area contributed by atoms with Gasteiger partial charge in [0, 0.05) is 5.69 Å². The number of benzene rings is 1. The van der Waals surface area contributed by atoms with Gasteiger partial charge in [0.2, 0.25) is 5.91 Å². The molecule has 0 aliphatic rings. The third-order valence-electron chi connectivity index (χ3n) is 3.33. The SMILES string of the molecule is Cc1cc(C)c(NC(=O)CNc2ccc(OC(F)F)cn2)c(C)c1. The second-order valence-electron chi connectivity index (χ2n) is 5.43. The van der Waals surface area contributed by atoms with Crippen LogP contribution < -0.4 is 15.4 Å². The zero-order chi connectivity index (χ0) is 17.7. The van der Waals surface area contributed by atoms with Gasteiger partial charge in [-0.1, -0.05) is 17.7 Å². The van der Waals surface area contributed by atoms with Gasteiger partial charge < -0.3 is 15.4 Å². The lowest BCUT2D eigenvalue weighted by Crippen LogP contribution is -2.23. The van der Waals surface area contributed by atoms with E-state index in [0.29, 0.717) is 5.82 Å². The molecule has 0 atom stereocenters. The lowest BCUT2D eigenvalue weighted by molar-refractivity contribution is -0.114. The summed E-state index contributed by atoms with van der Waals surface area (Å²) in [6.07, 6.45) is 1.17. The van der Waals surface area contributed by atoms with E-state index in [1.807, 2.05) is 32.9 Å². The number of amides is 1. The minimum atomic E-state index is -2.89. The summed E-state index contributed by atoms with van der Waals surface area (Å²) in [6.45, 7) is 2.99. The average Bonchev–Trinajstić information content (AvgIpc) is 2.49. The van der Waals surface area contributed by atoms with Gasteiger partial charge in [-0.2, -0.15) is 8.78 Å². The number of anilines is 2. The van der Waals surface area contributed by atoms with E-state index >= 15 is 0 Å². The molecular weight excluding hydrogens is 316 g/mol. The van der Waals surface area contributed by atoms with Crippen molar-refractivity contribution < 1.29 is 18.3 Å². The van der Waals surface area contributed by atoms with Gasteiger partial charge >= 0.3 is 6.61 Å². The molecule has 0 aliphatic heterocycles. The molecule has 0 fully saturated rings. The summed E-state index contributed by atoms with van der Waals surface area (Å²) in [4.78, 5) is 16.0. The normalized spacial score (nSPS) is 10.6. The van der Waals surface area contributed by atoms with Crippen LogP contribution in [0.3, 0.4) is 0 Å². The number of halogens is 2. The van der Waals surface area contributed by atoms with Crippen LogP contribution in [0.25, 0.3) is 0 Å². The van der Waals surface area contributed by atoms with Gasteiger partial charge in [-0.05, 0) is 44.0 Å². The fraction of sp³-hybridized carbons (Fsp3) is 0.294. The molecule has 24 heavy (non-hydrogen) atoms. The summed E-state index contributed by atoms with van der Waals surface area (Å²) < 4.78 is 28.3. The van der Waals surface area contributed by atoms with Crippen molar-refractivity contribution in [3.63, 3.8) is 0 Å². The molecule has 2 aromatic rings. The number of aryl methyl sites for hydroxylation is 3. The molecule has 5 nitrogen and oxygen atoms in total. The lowest BCUT2D eigenvalue weighted by atomic mass is 10.1. The van der Waals surface area contributed by atoms with Crippen LogP contribution in [0.5, 0.6) is 5.75 Å². The maximum Gasteiger partial charge on any atom is 0.387 e. The van der Waals surface area contributed by atoms with Gasteiger partial charge in [0.15, 0.2) is 0 Å². The molecule has 2 rings (SSSR count). The quantitative estimate of drug-likeness (QED) is 0.846. The number of hydrogen-bond acceptors (Lipinski definition) is 4. The van der Waals surface area contributed by atoms with E-state index in [2.05, 4.69) is 20.4 Å². The number of rotatable bonds is 6. The standard InChI is InChI=1S/C17H19F2N3O2/c1-10-6-11(2)16(12(3)7-10)22-15(23)9-21-14-5-4-13(8-20-14)24-17(18)19/h4-8,17H,9H2,1-3H3,(H,20,21)(H,22,23). The third-order valence-corrected chi connectivity index (χ3v) is 3.33. The Morgan fingerprint density at radius 3 is 2.42 bits per heavy atom. The molecule has 0 bridgehead atoms. The Morgan fingerprint density at radius 1 is 1.21 bits per heavy atom. The molecule has 0 saturated heterocycles. The fourth-order valence-corrected chi connectivity index (χ4v) is 2.39. The summed E-state index contributed by atoms with van der Waals surface area (Å²) in [7, 11) is 0. The molecule has 128 valence electrons. The monoisotopic (exact) mass is 335 g/mol. The van der Waals surface area contributed by atoms with Gasteiger partial charge in [-0.15, -0.1) is 0 Å². The van der Waals surface area contributed by atoms with Crippen molar-refractivity contribution in [3.8, 4) is 5.75 Å². The minimum absolute atomic E-state index is 0.00874. The molecule has 1 aromatic carbocycles. The van der Waals surface area contributed by atoms with Crippen molar-refractivity contribution in [3.05, 3.63) is 47.2 Å². The molecule has 0 radical (unpaired) electrons. The third kappa shape index (κ3) is 4.91. The molecule has 1 heterocycles. The van der Waals surface area contributed by atoms with Crippen molar-refractivity contribution in [1.29, 1.82) is 0 Å². The summed E-state index contributed by atoms with van der Waals surface area (Å²) in [5.41, 5.74) is 3.91. The second-order valence-corrected chi connectivity index (χ2v) is 5.43. The fourth-order valence-electron chi connectivity index (χ4n) is 2.39. The van der Waals surface area contributed by atoms with E-state index < -0.39 is 6.61 Å². The first-order valence-electron chi connectivity index (χ1n) is 7.37. The van der Waals surface area contributed by atoms with Gasteiger partial charge in [-0.25, -0.2) is 4.98 Å². The summed E-state index contributed by atoms with van der Waals surface area (Å²) >= 11 is 0. The number of hydrogen-bond donors (Lipinski definition) is 2. The Labute approximate surface area is 139 Å². The average molecular weight is 335 g/mol. The number of nitrogens with one attached hydrogen (secondary N) is 2. The van der Waals surface area contributed by atoms with Crippen LogP contribution in [0.4, 0.5) is 20.3 Å². The van der Waals surface area contributed by atoms with E-state index in [0.717, 1.165) is 22.4 Å². The molecule has 0 spiro atoms. The summed E-state index contributed by atoms with van der Waals surface area (Å²) in [5.74, 6) is 0.134. The zero-order valence-corrected chi connectivity index (χ0v) is 13.7. The highest BCUT2D eigenvalue weighted by molar-refractivity contribution is 5.95. The number of aromatic nitrogens is 1. The van der Waals surface area contributed by atoms with Crippen LogP contribution in [0.1, 0.15) is 16.7 Å². The molecule has 7 heteroatoms. The lowest BCUT2D eigenvalue weighted by Gasteiger charge is -2.13. The first-order chi connectivity index (χ1) is 11.3. The van der Waals surface area contributed by atoms with Crippen LogP contribution in [0.15, 0.2) is 30.5 Å². The second kappa shape index (κ2) is 7.72. The number of ether oxygens (including phenoxy) is 1. The van der Waals surface area contributed by atoms with E-state index in [4.69, 9.17) is 0 Å². The molecule has 1 amide bonds. The number of carbonyl (C=O) groups excluding carboxylic acids is 1. The minimum Gasteiger partial charge on any atom is -0.433 e. The highest BCUT2D eigenvalue weighted by atomic mass is 19.3. The Balaban J connectivity index is 1.92. The topological polar surface area (TPSA) is 63.2 Å². The molecule has 2 N–H and O–H groups in total. The maximum absolute atomic E-state index is 12.1. The van der Waals surface area contributed by atoms with Crippen molar-refractivity contribution in [2.24, 2.45) is 0 Å². The first kappa shape index (κ1) is 17.7. The first-order valence-corrected chi connectivity index (χ1v) is 7.37. The number of nitrogens with zero attached hydrogens (tertiary/aromatic N) is 1. The van der Waals surface area contributed by atoms with Crippen molar-refractivity contribution >= 4 is 17.4 Å². The predicted octanol–water partition coefficient (Wildman–Crippen LogP) is 3.66. The molecular formula is C17H19F2N3O2. The Bertz CT molecular complexity index is 695. The number of alkyl halides is 2. The highest BCUT2D eigenvalue weighted by Crippen LogP contribution is 2.21. The van der Waals surface area contributed by atoms with Gasteiger partial charge in [0.1, 0.15) is 11.6 Å². The van der Waals surface area contributed by atoms with Crippen LogP contribution in [-0.4, -0.2) is 24.0 Å². The Hall–Kier alpha value is -2.70. The van der Waals surface area contributed by atoms with Gasteiger partial charge in [0.25, 0.3) is 0 Å². The maximum atomic E-state index is 12.1. The summed E-state index contributed by atoms with van der Waals surface area (Å²) in [5, 5.41) is 5.69. The van der Waals surface area contributed by atoms with Gasteiger partial charge in [-0.3, -0.25) is 4.79 Å². The van der Waals surface area contributed by atoms with E-state index in [-0.39, 0.29) is 18.2 Å². The van der Waals surface area contributed by atoms with Crippen molar-refractivity contribution in [1.82, 2.24) is 4.98 Å². The molecule has 1 aromatic heterocycles. The van der Waals surface area contributed by atoms with E-state index in [1.165, 1.54) is 18.3 Å². The highest BCUT2D eigenvalue weighted by Gasteiger charge is 2.09. The Morgan fingerprint density at radius 2 is 1.88 bits per heavy atom. The van der Waals surface area contributed by atoms with Crippen molar-refractivity contribution in [2.45, 2.75) is 27.4 Å². The van der Waals surface area contributed by atoms with E-state index in [9.17, 15) is 13.6 Å². The van der Waals surface area contributed by atoms with Crippen LogP contribution in [0.2, 0.25) is 0 Å². The molecule has 0 saturated carbocycles. The van der Waals surface area contributed by atoms with Crippen LogP contribution in [0, 0.1) is 20.8 Å². The number of pyridine rings is 1. The molecule has 0 unspecified atom stereocenters. The van der Waals surface area contributed by atoms with E-state index in [1.54, 1.807) is 0 Å². The summed E-state index contributed by atoms with van der Waals surface area (Å²) in [6, 6.07) is 6.82. The number of carbonyl (C=O) groups is 1. The van der Waals surface area contributed by atoms with Crippen LogP contribution in [-0.2, 0) is 4.79 Å². The zero-order valence-electron chi connectivity index (χ0n) is 13.7. The smallest absolute Gasteiger partial charge is 0.387 e. The predicted molar refractivity (Wildman–Crippen MR) is 88.6 cm³/mol. The van der Waals surface area contributed by atoms with Gasteiger partial charge in [0.05, 0.1) is 12.7 Å². The molecule has 0 aliphatic carbocycles. The van der Waals surface area contributed by atoms with Crippen molar-refractivity contribution in [2.75, 3.05) is 17.2 Å². The largest absolute Gasteiger partial charge is 0.433 e. The van der Waals surface area contributed by atoms with Crippen LogP contribution >= 0.6 is 0 Å².